The van der Waals surface area contributed by atoms with Crippen molar-refractivity contribution >= 4 is 5.82 Å². The highest BCUT2D eigenvalue weighted by atomic mass is 16.5. The van der Waals surface area contributed by atoms with Crippen molar-refractivity contribution in [2.24, 2.45) is 0 Å². The van der Waals surface area contributed by atoms with Crippen molar-refractivity contribution in [3.63, 3.8) is 0 Å². The molecule has 5 nitrogen and oxygen atoms in total. The van der Waals surface area contributed by atoms with Crippen LogP contribution in [0.4, 0.5) is 5.82 Å². The molecule has 0 aliphatic carbocycles. The molecule has 0 spiro atoms. The summed E-state index contributed by atoms with van der Waals surface area (Å²) in [5.41, 5.74) is 2.07. The number of piperazine rings is 1. The van der Waals surface area contributed by atoms with E-state index in [2.05, 4.69) is 40.0 Å². The van der Waals surface area contributed by atoms with Crippen LogP contribution in [-0.2, 0) is 4.74 Å². The van der Waals surface area contributed by atoms with E-state index in [-0.39, 0.29) is 6.10 Å². The quantitative estimate of drug-likeness (QED) is 0.807. The lowest BCUT2D eigenvalue weighted by Gasteiger charge is -2.33. The van der Waals surface area contributed by atoms with Crippen molar-refractivity contribution < 1.29 is 4.74 Å². The zero-order valence-corrected chi connectivity index (χ0v) is 11.7. The number of nitrogens with zero attached hydrogens (tertiary/aromatic N) is 4. The Morgan fingerprint density at radius 2 is 1.89 bits per heavy atom. The zero-order valence-electron chi connectivity index (χ0n) is 11.7. The number of aromatic nitrogens is 2. The van der Waals surface area contributed by atoms with Crippen LogP contribution in [0.1, 0.15) is 24.3 Å². The van der Waals surface area contributed by atoms with Crippen molar-refractivity contribution in [2.45, 2.75) is 20.0 Å². The van der Waals surface area contributed by atoms with Gasteiger partial charge < -0.3 is 14.5 Å². The summed E-state index contributed by atoms with van der Waals surface area (Å²) in [5.74, 6) is 0.979. The Bertz CT molecular complexity index is 402. The summed E-state index contributed by atoms with van der Waals surface area (Å²) in [5, 5.41) is 8.65. The lowest BCUT2D eigenvalue weighted by atomic mass is 10.1. The molecular weight excluding hydrogens is 228 g/mol. The maximum Gasteiger partial charge on any atom is 0.151 e. The van der Waals surface area contributed by atoms with Crippen molar-refractivity contribution in [3.8, 4) is 0 Å². The molecular formula is C13H22N4O. The average molecular weight is 250 g/mol. The lowest BCUT2D eigenvalue weighted by molar-refractivity contribution is 0.114. The van der Waals surface area contributed by atoms with Gasteiger partial charge in [0.15, 0.2) is 5.82 Å². The van der Waals surface area contributed by atoms with E-state index in [4.69, 9.17) is 4.74 Å². The van der Waals surface area contributed by atoms with Gasteiger partial charge in [-0.2, -0.15) is 5.10 Å². The van der Waals surface area contributed by atoms with Gasteiger partial charge in [0.2, 0.25) is 0 Å². The first-order chi connectivity index (χ1) is 8.61. The number of likely N-dealkylation sites (N-methyl/N-ethyl adjacent to an activating group) is 1. The highest BCUT2D eigenvalue weighted by Crippen LogP contribution is 2.21. The highest BCUT2D eigenvalue weighted by molar-refractivity contribution is 5.41. The van der Waals surface area contributed by atoms with E-state index < -0.39 is 0 Å². The van der Waals surface area contributed by atoms with Crippen molar-refractivity contribution in [1.29, 1.82) is 0 Å². The lowest BCUT2D eigenvalue weighted by Crippen LogP contribution is -2.45. The number of anilines is 1. The van der Waals surface area contributed by atoms with Gasteiger partial charge >= 0.3 is 0 Å². The van der Waals surface area contributed by atoms with Crippen LogP contribution in [0.5, 0.6) is 0 Å². The molecule has 1 aromatic rings. The van der Waals surface area contributed by atoms with Crippen LogP contribution >= 0.6 is 0 Å². The smallest absolute Gasteiger partial charge is 0.151 e. The number of hydrogen-bond donors (Lipinski definition) is 0. The predicted molar refractivity (Wildman–Crippen MR) is 71.9 cm³/mol. The Morgan fingerprint density at radius 1 is 1.22 bits per heavy atom. The zero-order chi connectivity index (χ0) is 13.1. The monoisotopic (exact) mass is 250 g/mol. The second-order valence-electron chi connectivity index (χ2n) is 4.94. The molecule has 1 atom stereocenters. The predicted octanol–water partition coefficient (Wildman–Crippen LogP) is 1.24. The molecule has 0 saturated carbocycles. The number of ether oxygens (including phenoxy) is 1. The maximum atomic E-state index is 5.29. The number of hydrogen-bond acceptors (Lipinski definition) is 5. The minimum Gasteiger partial charge on any atom is -0.375 e. The van der Waals surface area contributed by atoms with Crippen LogP contribution in [-0.4, -0.2) is 55.4 Å². The summed E-state index contributed by atoms with van der Waals surface area (Å²) in [6.07, 6.45) is -0.000890. The molecule has 1 aliphatic rings. The van der Waals surface area contributed by atoms with Gasteiger partial charge in [-0.1, -0.05) is 0 Å². The molecule has 0 N–H and O–H groups in total. The standard InChI is InChI=1S/C13H22N4O/c1-10-9-12(14-15-13(10)11(2)18-4)17-7-5-16(3)6-8-17/h9,11H,5-8H2,1-4H3. The fraction of sp³-hybridized carbons (Fsp3) is 0.692. The van der Waals surface area contributed by atoms with Crippen LogP contribution in [0.25, 0.3) is 0 Å². The minimum atomic E-state index is -0.000890. The van der Waals surface area contributed by atoms with Gasteiger partial charge in [0.25, 0.3) is 0 Å². The summed E-state index contributed by atoms with van der Waals surface area (Å²) in [6.45, 7) is 8.26. The molecule has 2 rings (SSSR count). The molecule has 1 aliphatic heterocycles. The molecule has 2 heterocycles. The number of rotatable bonds is 3. The van der Waals surface area contributed by atoms with Gasteiger partial charge in [0.1, 0.15) is 0 Å². The van der Waals surface area contributed by atoms with Gasteiger partial charge in [-0.05, 0) is 32.5 Å². The van der Waals surface area contributed by atoms with Crippen LogP contribution in [0.3, 0.4) is 0 Å². The molecule has 5 heteroatoms. The van der Waals surface area contributed by atoms with Gasteiger partial charge in [-0.25, -0.2) is 0 Å². The van der Waals surface area contributed by atoms with Crippen molar-refractivity contribution in [1.82, 2.24) is 15.1 Å². The summed E-state index contributed by atoms with van der Waals surface area (Å²) < 4.78 is 5.29. The molecule has 0 amide bonds. The largest absolute Gasteiger partial charge is 0.375 e. The van der Waals surface area contributed by atoms with E-state index in [0.29, 0.717) is 0 Å². The first-order valence-corrected chi connectivity index (χ1v) is 6.42. The molecule has 100 valence electrons. The van der Waals surface area contributed by atoms with Crippen molar-refractivity contribution in [3.05, 3.63) is 17.3 Å². The topological polar surface area (TPSA) is 41.5 Å². The molecule has 1 saturated heterocycles. The van der Waals surface area contributed by atoms with Crippen LogP contribution < -0.4 is 4.90 Å². The highest BCUT2D eigenvalue weighted by Gasteiger charge is 2.17. The molecule has 0 bridgehead atoms. The third-order valence-corrected chi connectivity index (χ3v) is 3.58. The fourth-order valence-corrected chi connectivity index (χ4v) is 2.18. The molecule has 1 aromatic heterocycles. The summed E-state index contributed by atoms with van der Waals surface area (Å²) in [6, 6.07) is 2.11. The Kier molecular flexibility index (Phi) is 4.14. The molecule has 1 fully saturated rings. The SMILES string of the molecule is COC(C)c1nnc(N2CCN(C)CC2)cc1C. The van der Waals surface area contributed by atoms with E-state index in [1.54, 1.807) is 7.11 Å². The third kappa shape index (κ3) is 2.79. The first kappa shape index (κ1) is 13.2. The summed E-state index contributed by atoms with van der Waals surface area (Å²) >= 11 is 0. The Morgan fingerprint density at radius 3 is 2.44 bits per heavy atom. The Balaban J connectivity index is 2.13. The maximum absolute atomic E-state index is 5.29. The average Bonchev–Trinajstić information content (AvgIpc) is 2.38. The number of aryl methyl sites for hydroxylation is 1. The minimum absolute atomic E-state index is 0.000890. The molecule has 18 heavy (non-hydrogen) atoms. The Hall–Kier alpha value is -1.20. The van der Waals surface area contributed by atoms with E-state index in [0.717, 1.165) is 43.3 Å². The van der Waals surface area contributed by atoms with E-state index in [9.17, 15) is 0 Å². The first-order valence-electron chi connectivity index (χ1n) is 6.42. The van der Waals surface area contributed by atoms with E-state index in [1.807, 2.05) is 6.92 Å². The number of methoxy groups -OCH3 is 1. The normalized spacial score (nSPS) is 19.0. The fourth-order valence-electron chi connectivity index (χ4n) is 2.18. The van der Waals surface area contributed by atoms with Crippen LogP contribution in [0.15, 0.2) is 6.07 Å². The van der Waals surface area contributed by atoms with Gasteiger partial charge in [0.05, 0.1) is 11.8 Å². The van der Waals surface area contributed by atoms with E-state index in [1.165, 1.54) is 0 Å². The molecule has 1 unspecified atom stereocenters. The van der Waals surface area contributed by atoms with Gasteiger partial charge in [0, 0.05) is 33.3 Å². The summed E-state index contributed by atoms with van der Waals surface area (Å²) in [4.78, 5) is 4.62. The van der Waals surface area contributed by atoms with Crippen molar-refractivity contribution in [2.75, 3.05) is 45.2 Å². The third-order valence-electron chi connectivity index (χ3n) is 3.58. The summed E-state index contributed by atoms with van der Waals surface area (Å²) in [7, 11) is 3.85. The van der Waals surface area contributed by atoms with Crippen LogP contribution in [0, 0.1) is 6.92 Å². The van der Waals surface area contributed by atoms with Gasteiger partial charge in [-0.15, -0.1) is 5.10 Å². The van der Waals surface area contributed by atoms with Crippen LogP contribution in [0.2, 0.25) is 0 Å². The Labute approximate surface area is 109 Å². The second kappa shape index (κ2) is 5.63. The van der Waals surface area contributed by atoms with Gasteiger partial charge in [-0.3, -0.25) is 0 Å². The van der Waals surface area contributed by atoms with E-state index >= 15 is 0 Å². The second-order valence-corrected chi connectivity index (χ2v) is 4.94. The molecule has 0 aromatic carbocycles. The molecule has 0 radical (unpaired) electrons.